The van der Waals surface area contributed by atoms with E-state index in [0.717, 1.165) is 5.82 Å². The predicted octanol–water partition coefficient (Wildman–Crippen LogP) is 0.657. The average Bonchev–Trinajstić information content (AvgIpc) is 2.19. The molecule has 0 aromatic carbocycles. The van der Waals surface area contributed by atoms with Crippen molar-refractivity contribution in [3.05, 3.63) is 18.6 Å². The van der Waals surface area contributed by atoms with Crippen LogP contribution in [0.5, 0.6) is 0 Å². The van der Waals surface area contributed by atoms with Gasteiger partial charge in [0, 0.05) is 35.0 Å². The molecule has 72 valence electrons. The number of rotatable bonds is 5. The predicted molar refractivity (Wildman–Crippen MR) is 54.1 cm³/mol. The molecule has 0 spiro atoms. The zero-order valence-electron chi connectivity index (χ0n) is 7.56. The van der Waals surface area contributed by atoms with Gasteiger partial charge in [-0.25, -0.2) is 9.97 Å². The van der Waals surface area contributed by atoms with E-state index in [0.29, 0.717) is 18.1 Å². The van der Waals surface area contributed by atoms with Crippen LogP contribution < -0.4 is 5.32 Å². The second kappa shape index (κ2) is 5.64. The molecule has 0 radical (unpaired) electrons. The Balaban J connectivity index is 2.24. The van der Waals surface area contributed by atoms with Crippen molar-refractivity contribution < 1.29 is 4.21 Å². The number of hydrogen-bond donors (Lipinski definition) is 1. The molecule has 0 saturated carbocycles. The molecule has 0 aliphatic heterocycles. The Labute approximate surface area is 80.3 Å². The number of aromatic nitrogens is 2. The Hall–Kier alpha value is -0.970. The lowest BCUT2D eigenvalue weighted by atomic mass is 10.6. The van der Waals surface area contributed by atoms with E-state index >= 15 is 0 Å². The fourth-order valence-corrected chi connectivity index (χ4v) is 1.45. The summed E-state index contributed by atoms with van der Waals surface area (Å²) in [6.45, 7) is 2.61. The summed E-state index contributed by atoms with van der Waals surface area (Å²) in [7, 11) is -0.707. The molecule has 1 rings (SSSR count). The zero-order chi connectivity index (χ0) is 9.52. The highest BCUT2D eigenvalue weighted by molar-refractivity contribution is 7.84. The van der Waals surface area contributed by atoms with Crippen molar-refractivity contribution in [1.29, 1.82) is 0 Å². The smallest absolute Gasteiger partial charge is 0.129 e. The van der Waals surface area contributed by atoms with Gasteiger partial charge in [-0.3, -0.25) is 4.21 Å². The Morgan fingerprint density at radius 3 is 3.08 bits per heavy atom. The Bertz CT molecular complexity index is 265. The minimum Gasteiger partial charge on any atom is -0.369 e. The number of anilines is 1. The highest BCUT2D eigenvalue weighted by Crippen LogP contribution is 1.96. The quantitative estimate of drug-likeness (QED) is 0.756. The van der Waals surface area contributed by atoms with Crippen LogP contribution in [0.25, 0.3) is 0 Å². The maximum Gasteiger partial charge on any atom is 0.129 e. The molecular formula is C8H13N3OS. The normalized spacial score (nSPS) is 12.4. The summed E-state index contributed by atoms with van der Waals surface area (Å²) in [5.41, 5.74) is 0. The van der Waals surface area contributed by atoms with Gasteiger partial charge in [0.15, 0.2) is 0 Å². The standard InChI is InChI=1S/C8H13N3OS/c1-2-13(12)6-5-10-8-3-4-9-7-11-8/h3-4,7H,2,5-6H2,1H3,(H,9,10,11). The third-order valence-corrected chi connectivity index (χ3v) is 2.84. The Morgan fingerprint density at radius 2 is 2.46 bits per heavy atom. The molecule has 1 heterocycles. The molecule has 1 atom stereocenters. The second-order valence-electron chi connectivity index (χ2n) is 2.45. The van der Waals surface area contributed by atoms with Gasteiger partial charge in [0.05, 0.1) is 0 Å². The van der Waals surface area contributed by atoms with Crippen LogP contribution in [0.1, 0.15) is 6.92 Å². The van der Waals surface area contributed by atoms with Crippen molar-refractivity contribution >= 4 is 16.6 Å². The highest BCUT2D eigenvalue weighted by atomic mass is 32.2. The Kier molecular flexibility index (Phi) is 4.39. The molecule has 13 heavy (non-hydrogen) atoms. The molecule has 0 saturated heterocycles. The van der Waals surface area contributed by atoms with Gasteiger partial charge in [0.25, 0.3) is 0 Å². The van der Waals surface area contributed by atoms with E-state index in [1.54, 1.807) is 12.3 Å². The van der Waals surface area contributed by atoms with Gasteiger partial charge in [-0.15, -0.1) is 0 Å². The van der Waals surface area contributed by atoms with Crippen LogP contribution in [0.4, 0.5) is 5.82 Å². The monoisotopic (exact) mass is 199 g/mol. The number of nitrogens with zero attached hydrogens (tertiary/aromatic N) is 2. The van der Waals surface area contributed by atoms with Crippen molar-refractivity contribution in [2.45, 2.75) is 6.92 Å². The maximum absolute atomic E-state index is 11.0. The summed E-state index contributed by atoms with van der Waals surface area (Å²) in [6, 6.07) is 1.79. The van der Waals surface area contributed by atoms with E-state index in [1.165, 1.54) is 6.33 Å². The molecule has 0 bridgehead atoms. The summed E-state index contributed by atoms with van der Waals surface area (Å²) in [4.78, 5) is 7.77. The third-order valence-electron chi connectivity index (χ3n) is 1.54. The molecule has 1 N–H and O–H groups in total. The van der Waals surface area contributed by atoms with E-state index in [1.807, 2.05) is 6.92 Å². The first kappa shape index (κ1) is 10.1. The van der Waals surface area contributed by atoms with Crippen LogP contribution in [0.2, 0.25) is 0 Å². The Morgan fingerprint density at radius 1 is 1.62 bits per heavy atom. The van der Waals surface area contributed by atoms with E-state index in [4.69, 9.17) is 0 Å². The number of hydrogen-bond acceptors (Lipinski definition) is 4. The lowest BCUT2D eigenvalue weighted by molar-refractivity contribution is 0.684. The van der Waals surface area contributed by atoms with Crippen LogP contribution in [0, 0.1) is 0 Å². The molecule has 5 heteroatoms. The summed E-state index contributed by atoms with van der Waals surface area (Å²) >= 11 is 0. The average molecular weight is 199 g/mol. The van der Waals surface area contributed by atoms with E-state index in [-0.39, 0.29) is 0 Å². The second-order valence-corrected chi connectivity index (χ2v) is 4.32. The minimum absolute atomic E-state index is 0.667. The van der Waals surface area contributed by atoms with Crippen LogP contribution in [0.15, 0.2) is 18.6 Å². The van der Waals surface area contributed by atoms with Gasteiger partial charge in [0.2, 0.25) is 0 Å². The molecule has 1 unspecified atom stereocenters. The van der Waals surface area contributed by atoms with Crippen molar-refractivity contribution in [3.8, 4) is 0 Å². The third kappa shape index (κ3) is 3.98. The lowest BCUT2D eigenvalue weighted by Crippen LogP contribution is -2.12. The van der Waals surface area contributed by atoms with Gasteiger partial charge >= 0.3 is 0 Å². The highest BCUT2D eigenvalue weighted by Gasteiger charge is 1.95. The molecule has 0 amide bonds. The number of nitrogens with one attached hydrogen (secondary N) is 1. The topological polar surface area (TPSA) is 54.9 Å². The largest absolute Gasteiger partial charge is 0.369 e. The van der Waals surface area contributed by atoms with Gasteiger partial charge in [-0.05, 0) is 6.07 Å². The fourth-order valence-electron chi connectivity index (χ4n) is 0.833. The molecular weight excluding hydrogens is 186 g/mol. The van der Waals surface area contributed by atoms with E-state index in [9.17, 15) is 4.21 Å². The lowest BCUT2D eigenvalue weighted by Gasteiger charge is -2.03. The van der Waals surface area contributed by atoms with Crippen molar-refractivity contribution in [3.63, 3.8) is 0 Å². The van der Waals surface area contributed by atoms with Crippen LogP contribution >= 0.6 is 0 Å². The first-order chi connectivity index (χ1) is 6.33. The zero-order valence-corrected chi connectivity index (χ0v) is 8.38. The van der Waals surface area contributed by atoms with Gasteiger partial charge < -0.3 is 5.32 Å². The summed E-state index contributed by atoms with van der Waals surface area (Å²) in [5.74, 6) is 2.16. The first-order valence-corrected chi connectivity index (χ1v) is 5.66. The molecule has 0 aliphatic carbocycles. The first-order valence-electron chi connectivity index (χ1n) is 4.17. The minimum atomic E-state index is -0.707. The molecule has 1 aromatic rings. The molecule has 0 fully saturated rings. The summed E-state index contributed by atoms with van der Waals surface area (Å²) in [5, 5.41) is 3.07. The van der Waals surface area contributed by atoms with Gasteiger partial charge in [0.1, 0.15) is 12.1 Å². The fraction of sp³-hybridized carbons (Fsp3) is 0.500. The SMILES string of the molecule is CCS(=O)CCNc1ccncn1. The van der Waals surface area contributed by atoms with Crippen LogP contribution in [-0.2, 0) is 10.8 Å². The maximum atomic E-state index is 11.0. The van der Waals surface area contributed by atoms with Crippen LogP contribution in [-0.4, -0.2) is 32.2 Å². The van der Waals surface area contributed by atoms with Crippen molar-refractivity contribution in [2.24, 2.45) is 0 Å². The summed E-state index contributed by atoms with van der Waals surface area (Å²) in [6.07, 6.45) is 3.16. The van der Waals surface area contributed by atoms with Crippen molar-refractivity contribution in [1.82, 2.24) is 9.97 Å². The van der Waals surface area contributed by atoms with E-state index in [2.05, 4.69) is 15.3 Å². The molecule has 1 aromatic heterocycles. The van der Waals surface area contributed by atoms with Gasteiger partial charge in [-0.1, -0.05) is 6.92 Å². The van der Waals surface area contributed by atoms with Crippen molar-refractivity contribution in [2.75, 3.05) is 23.4 Å². The van der Waals surface area contributed by atoms with Crippen LogP contribution in [0.3, 0.4) is 0 Å². The molecule has 0 aliphatic rings. The molecule has 4 nitrogen and oxygen atoms in total. The van der Waals surface area contributed by atoms with Gasteiger partial charge in [-0.2, -0.15) is 0 Å². The summed E-state index contributed by atoms with van der Waals surface area (Å²) < 4.78 is 11.0. The van der Waals surface area contributed by atoms with E-state index < -0.39 is 10.8 Å².